The molecule has 4 heteroatoms. The number of aliphatic hydroxyl groups excluding tert-OH is 1. The van der Waals surface area contributed by atoms with E-state index in [0.29, 0.717) is 5.56 Å². The van der Waals surface area contributed by atoms with Crippen molar-refractivity contribution in [3.05, 3.63) is 63.4 Å². The van der Waals surface area contributed by atoms with Crippen LogP contribution in [0, 0.1) is 12.7 Å². The number of hydrogen-bond donors (Lipinski definition) is 1. The Labute approximate surface area is 126 Å². The van der Waals surface area contributed by atoms with E-state index < -0.39 is 6.10 Å². The first kappa shape index (κ1) is 15.0. The van der Waals surface area contributed by atoms with E-state index in [4.69, 9.17) is 4.74 Å². The molecular weight excluding hydrogens is 323 g/mol. The van der Waals surface area contributed by atoms with Crippen molar-refractivity contribution in [2.45, 2.75) is 19.4 Å². The molecule has 0 radical (unpaired) electrons. The summed E-state index contributed by atoms with van der Waals surface area (Å²) in [4.78, 5) is 0. The topological polar surface area (TPSA) is 29.5 Å². The molecule has 2 aromatic carbocycles. The van der Waals surface area contributed by atoms with Gasteiger partial charge in [0.1, 0.15) is 11.6 Å². The van der Waals surface area contributed by atoms with Crippen LogP contribution < -0.4 is 4.74 Å². The van der Waals surface area contributed by atoms with Crippen molar-refractivity contribution < 1.29 is 14.2 Å². The Hall–Kier alpha value is -1.39. The fourth-order valence-electron chi connectivity index (χ4n) is 2.13. The highest BCUT2D eigenvalue weighted by atomic mass is 79.9. The van der Waals surface area contributed by atoms with Crippen LogP contribution in [0.15, 0.2) is 40.9 Å². The molecule has 0 bridgehead atoms. The second kappa shape index (κ2) is 6.37. The lowest BCUT2D eigenvalue weighted by molar-refractivity contribution is 0.177. The van der Waals surface area contributed by atoms with Gasteiger partial charge in [-0.1, -0.05) is 22.0 Å². The van der Waals surface area contributed by atoms with Gasteiger partial charge in [0.2, 0.25) is 0 Å². The molecule has 0 aliphatic rings. The zero-order chi connectivity index (χ0) is 14.7. The number of benzene rings is 2. The van der Waals surface area contributed by atoms with E-state index in [1.165, 1.54) is 6.07 Å². The maximum absolute atomic E-state index is 13.7. The van der Waals surface area contributed by atoms with Crippen molar-refractivity contribution in [1.82, 2.24) is 0 Å². The average molecular weight is 339 g/mol. The predicted molar refractivity (Wildman–Crippen MR) is 80.5 cm³/mol. The van der Waals surface area contributed by atoms with Gasteiger partial charge in [0.25, 0.3) is 0 Å². The third kappa shape index (κ3) is 3.38. The number of methoxy groups -OCH3 is 1. The van der Waals surface area contributed by atoms with Gasteiger partial charge in [-0.3, -0.25) is 0 Å². The summed E-state index contributed by atoms with van der Waals surface area (Å²) in [6, 6.07) is 10.2. The van der Waals surface area contributed by atoms with Crippen molar-refractivity contribution in [3.8, 4) is 5.75 Å². The quantitative estimate of drug-likeness (QED) is 0.905. The summed E-state index contributed by atoms with van der Waals surface area (Å²) in [6.45, 7) is 1.91. The lowest BCUT2D eigenvalue weighted by atomic mass is 9.99. The van der Waals surface area contributed by atoms with Gasteiger partial charge in [-0.05, 0) is 53.9 Å². The molecule has 0 aliphatic carbocycles. The standard InChI is InChI=1S/C16H16BrFO2/c1-10-7-11(3-6-16(10)20-2)15(19)9-12-8-13(17)4-5-14(12)18/h3-8,15,19H,9H2,1-2H3. The van der Waals surface area contributed by atoms with Crippen molar-refractivity contribution in [1.29, 1.82) is 0 Å². The number of ether oxygens (including phenoxy) is 1. The normalized spacial score (nSPS) is 12.2. The highest BCUT2D eigenvalue weighted by Crippen LogP contribution is 2.26. The Bertz CT molecular complexity index is 613. The maximum atomic E-state index is 13.7. The molecule has 106 valence electrons. The number of aryl methyl sites for hydroxylation is 1. The van der Waals surface area contributed by atoms with E-state index >= 15 is 0 Å². The average Bonchev–Trinajstić information content (AvgIpc) is 2.42. The third-order valence-electron chi connectivity index (χ3n) is 3.22. The first-order valence-electron chi connectivity index (χ1n) is 6.28. The number of aliphatic hydroxyl groups is 1. The summed E-state index contributed by atoms with van der Waals surface area (Å²) >= 11 is 3.31. The van der Waals surface area contributed by atoms with Crippen LogP contribution in [0.3, 0.4) is 0 Å². The highest BCUT2D eigenvalue weighted by molar-refractivity contribution is 9.10. The first-order chi connectivity index (χ1) is 9.51. The molecule has 0 saturated carbocycles. The molecule has 1 atom stereocenters. The lowest BCUT2D eigenvalue weighted by Crippen LogP contribution is -2.04. The summed E-state index contributed by atoms with van der Waals surface area (Å²) in [6.07, 6.45) is -0.514. The summed E-state index contributed by atoms with van der Waals surface area (Å²) < 4.78 is 19.7. The van der Waals surface area contributed by atoms with Crippen LogP contribution in [0.1, 0.15) is 22.8 Å². The van der Waals surface area contributed by atoms with Crippen molar-refractivity contribution in [3.63, 3.8) is 0 Å². The minimum absolute atomic E-state index is 0.233. The van der Waals surface area contributed by atoms with E-state index in [2.05, 4.69) is 15.9 Å². The van der Waals surface area contributed by atoms with Crippen molar-refractivity contribution in [2.24, 2.45) is 0 Å². The van der Waals surface area contributed by atoms with Crippen LogP contribution in [0.5, 0.6) is 5.75 Å². The Morgan fingerprint density at radius 3 is 2.65 bits per heavy atom. The third-order valence-corrected chi connectivity index (χ3v) is 3.72. The van der Waals surface area contributed by atoms with Gasteiger partial charge in [0.15, 0.2) is 0 Å². The van der Waals surface area contributed by atoms with E-state index in [1.54, 1.807) is 25.3 Å². The maximum Gasteiger partial charge on any atom is 0.126 e. The van der Waals surface area contributed by atoms with E-state index in [1.807, 2.05) is 19.1 Å². The first-order valence-corrected chi connectivity index (χ1v) is 7.07. The van der Waals surface area contributed by atoms with Crippen LogP contribution in [0.4, 0.5) is 4.39 Å². The largest absolute Gasteiger partial charge is 0.496 e. The zero-order valence-electron chi connectivity index (χ0n) is 11.4. The van der Waals surface area contributed by atoms with Gasteiger partial charge < -0.3 is 9.84 Å². The number of halogens is 2. The van der Waals surface area contributed by atoms with Crippen LogP contribution in [0.2, 0.25) is 0 Å². The van der Waals surface area contributed by atoms with Crippen molar-refractivity contribution in [2.75, 3.05) is 7.11 Å². The van der Waals surface area contributed by atoms with E-state index in [9.17, 15) is 9.50 Å². The van der Waals surface area contributed by atoms with Crippen LogP contribution >= 0.6 is 15.9 Å². The molecule has 0 fully saturated rings. The molecule has 20 heavy (non-hydrogen) atoms. The molecule has 0 spiro atoms. The minimum atomic E-state index is -0.747. The molecule has 0 saturated heterocycles. The number of hydrogen-bond acceptors (Lipinski definition) is 2. The summed E-state index contributed by atoms with van der Waals surface area (Å²) in [5.74, 6) is 0.465. The zero-order valence-corrected chi connectivity index (χ0v) is 12.9. The molecule has 1 N–H and O–H groups in total. The molecule has 2 nitrogen and oxygen atoms in total. The SMILES string of the molecule is COc1ccc(C(O)Cc2cc(Br)ccc2F)cc1C. The molecule has 0 amide bonds. The summed E-state index contributed by atoms with van der Waals surface area (Å²) in [7, 11) is 1.61. The Morgan fingerprint density at radius 2 is 2.00 bits per heavy atom. The highest BCUT2D eigenvalue weighted by Gasteiger charge is 2.13. The predicted octanol–water partition coefficient (Wildman–Crippen LogP) is 4.18. The van der Waals surface area contributed by atoms with Gasteiger partial charge in [0.05, 0.1) is 13.2 Å². The fourth-order valence-corrected chi connectivity index (χ4v) is 2.54. The Balaban J connectivity index is 2.21. The van der Waals surface area contributed by atoms with Crippen LogP contribution in [0.25, 0.3) is 0 Å². The second-order valence-corrected chi connectivity index (χ2v) is 5.60. The smallest absolute Gasteiger partial charge is 0.126 e. The monoisotopic (exact) mass is 338 g/mol. The Morgan fingerprint density at radius 1 is 1.25 bits per heavy atom. The fraction of sp³-hybridized carbons (Fsp3) is 0.250. The molecule has 0 heterocycles. The van der Waals surface area contributed by atoms with Crippen molar-refractivity contribution >= 4 is 15.9 Å². The number of rotatable bonds is 4. The molecule has 0 aliphatic heterocycles. The molecule has 1 unspecified atom stereocenters. The van der Waals surface area contributed by atoms with Gasteiger partial charge in [-0.15, -0.1) is 0 Å². The lowest BCUT2D eigenvalue weighted by Gasteiger charge is -2.14. The van der Waals surface area contributed by atoms with Gasteiger partial charge in [-0.2, -0.15) is 0 Å². The molecule has 0 aromatic heterocycles. The Kier molecular flexibility index (Phi) is 4.78. The second-order valence-electron chi connectivity index (χ2n) is 4.68. The molecule has 2 aromatic rings. The summed E-state index contributed by atoms with van der Waals surface area (Å²) in [5, 5.41) is 10.3. The minimum Gasteiger partial charge on any atom is -0.496 e. The van der Waals surface area contributed by atoms with E-state index in [-0.39, 0.29) is 12.2 Å². The van der Waals surface area contributed by atoms with Gasteiger partial charge in [0, 0.05) is 10.9 Å². The van der Waals surface area contributed by atoms with Crippen LogP contribution in [-0.4, -0.2) is 12.2 Å². The molecule has 2 rings (SSSR count). The summed E-state index contributed by atoms with van der Waals surface area (Å²) in [5.41, 5.74) is 2.18. The van der Waals surface area contributed by atoms with E-state index in [0.717, 1.165) is 21.3 Å². The van der Waals surface area contributed by atoms with Gasteiger partial charge in [-0.25, -0.2) is 4.39 Å². The molecular formula is C16H16BrFO2. The van der Waals surface area contributed by atoms with Crippen LogP contribution in [-0.2, 0) is 6.42 Å². The van der Waals surface area contributed by atoms with Gasteiger partial charge >= 0.3 is 0 Å².